The topological polar surface area (TPSA) is 85.4 Å². The summed E-state index contributed by atoms with van der Waals surface area (Å²) < 4.78 is 44.6. The van der Waals surface area contributed by atoms with Gasteiger partial charge in [-0.2, -0.15) is 18.7 Å². The van der Waals surface area contributed by atoms with Crippen LogP contribution in [0.3, 0.4) is 0 Å². The summed E-state index contributed by atoms with van der Waals surface area (Å²) in [6.07, 6.45) is -2.28. The van der Waals surface area contributed by atoms with Gasteiger partial charge in [-0.25, -0.2) is 14.8 Å². The van der Waals surface area contributed by atoms with Crippen LogP contribution < -0.4 is 15.5 Å². The lowest BCUT2D eigenvalue weighted by Gasteiger charge is -2.10. The van der Waals surface area contributed by atoms with Gasteiger partial charge in [-0.05, 0) is 37.5 Å². The summed E-state index contributed by atoms with van der Waals surface area (Å²) in [5, 5.41) is 3.26. The van der Waals surface area contributed by atoms with Crippen LogP contribution in [0, 0.1) is 6.92 Å². The lowest BCUT2D eigenvalue weighted by atomic mass is 10.1. The maximum absolute atomic E-state index is 12.9. The number of amides is 1. The number of ether oxygens (including phenoxy) is 1. The first-order chi connectivity index (χ1) is 16.7. The molecule has 0 spiro atoms. The molecule has 11 heteroatoms. The van der Waals surface area contributed by atoms with Crippen molar-refractivity contribution in [2.45, 2.75) is 52.4 Å². The van der Waals surface area contributed by atoms with Gasteiger partial charge in [0.15, 0.2) is 0 Å². The zero-order valence-corrected chi connectivity index (χ0v) is 20.5. The van der Waals surface area contributed by atoms with E-state index in [1.165, 1.54) is 30.5 Å². The van der Waals surface area contributed by atoms with E-state index in [1.54, 1.807) is 6.07 Å². The Morgan fingerprint density at radius 2 is 1.86 bits per heavy atom. The molecule has 3 rings (SSSR count). The first-order valence-corrected chi connectivity index (χ1v) is 11.9. The first kappa shape index (κ1) is 26.4. The van der Waals surface area contributed by atoms with Crippen molar-refractivity contribution in [3.8, 4) is 16.5 Å². The van der Waals surface area contributed by atoms with Crippen molar-refractivity contribution in [1.29, 1.82) is 0 Å². The normalized spacial score (nSPS) is 11.4. The molecule has 0 saturated carbocycles. The summed E-state index contributed by atoms with van der Waals surface area (Å²) >= 11 is 1.41. The number of thiazole rings is 1. The number of hydrogen-bond acceptors (Lipinski definition) is 7. The number of benzene rings is 1. The minimum Gasteiger partial charge on any atom is -0.472 e. The number of aromatic nitrogens is 2. The van der Waals surface area contributed by atoms with Gasteiger partial charge in [-0.3, -0.25) is 0 Å². The monoisotopic (exact) mass is 508 g/mol. The molecule has 3 aromatic rings. The van der Waals surface area contributed by atoms with Gasteiger partial charge in [0, 0.05) is 30.9 Å². The third-order valence-electron chi connectivity index (χ3n) is 5.14. The van der Waals surface area contributed by atoms with Crippen molar-refractivity contribution in [1.82, 2.24) is 20.8 Å². The summed E-state index contributed by atoms with van der Waals surface area (Å²) in [6, 6.07) is 8.56. The van der Waals surface area contributed by atoms with Gasteiger partial charge in [0.05, 0.1) is 16.1 Å². The van der Waals surface area contributed by atoms with E-state index in [-0.39, 0.29) is 13.2 Å². The minimum atomic E-state index is -4.38. The first-order valence-electron chi connectivity index (χ1n) is 11.1. The molecule has 0 aliphatic rings. The van der Waals surface area contributed by atoms with Crippen LogP contribution in [-0.4, -0.2) is 23.1 Å². The fourth-order valence-corrected chi connectivity index (χ4v) is 4.26. The van der Waals surface area contributed by atoms with Gasteiger partial charge in [0.25, 0.3) is 0 Å². The highest BCUT2D eigenvalue weighted by molar-refractivity contribution is 7.15. The Morgan fingerprint density at radius 1 is 1.11 bits per heavy atom. The molecule has 0 aliphatic heterocycles. The number of carbonyl (C=O) groups excluding carboxylic acids is 1. The second-order valence-electron chi connectivity index (χ2n) is 7.70. The van der Waals surface area contributed by atoms with Crippen molar-refractivity contribution in [2.24, 2.45) is 0 Å². The second-order valence-corrected chi connectivity index (χ2v) is 8.78. The molecule has 0 saturated heterocycles. The number of nitrogens with one attached hydrogen (secondary N) is 2. The molecule has 1 aromatic carbocycles. The molecular weight excluding hydrogens is 481 g/mol. The van der Waals surface area contributed by atoms with E-state index in [0.29, 0.717) is 22.1 Å². The zero-order valence-electron chi connectivity index (χ0n) is 19.7. The fourth-order valence-electron chi connectivity index (χ4n) is 3.23. The van der Waals surface area contributed by atoms with E-state index in [1.807, 2.05) is 13.0 Å². The van der Waals surface area contributed by atoms with Crippen molar-refractivity contribution >= 4 is 17.4 Å². The van der Waals surface area contributed by atoms with Gasteiger partial charge < -0.3 is 14.9 Å². The van der Waals surface area contributed by atoms with Gasteiger partial charge in [-0.15, -0.1) is 11.3 Å². The second kappa shape index (κ2) is 12.0. The number of nitrogens with zero attached hydrogens (tertiary/aromatic N) is 2. The third-order valence-corrected chi connectivity index (χ3v) is 6.26. The van der Waals surface area contributed by atoms with E-state index in [4.69, 9.17) is 4.74 Å². The Bertz CT molecular complexity index is 1130. The van der Waals surface area contributed by atoms with Crippen LogP contribution in [0.5, 0.6) is 5.88 Å². The Kier molecular flexibility index (Phi) is 9.05. The molecule has 0 fully saturated rings. The van der Waals surface area contributed by atoms with E-state index < -0.39 is 17.8 Å². The van der Waals surface area contributed by atoms with E-state index >= 15 is 0 Å². The van der Waals surface area contributed by atoms with Crippen LogP contribution in [0.15, 0.2) is 36.4 Å². The predicted octanol–water partition coefficient (Wildman–Crippen LogP) is 5.81. The molecular formula is C24H27F3N4O3S. The quantitative estimate of drug-likeness (QED) is 0.336. The maximum atomic E-state index is 12.9. The number of alkyl halides is 3. The standard InChI is InChI=1S/C24H27F3N4O3S/c1-4-5-6-19-20(35-22(31-19)16-7-10-18(11-8-16)24(25,26)27)14-33-21-12-9-17(15(2)30-21)13-29-23(32)34-28-3/h7-12,28H,4-6,13-14H2,1-3H3,(H,29,32). The number of carbonyl (C=O) groups is 1. The van der Waals surface area contributed by atoms with Crippen LogP contribution in [-0.2, 0) is 30.6 Å². The number of hydrogen-bond donors (Lipinski definition) is 2. The number of rotatable bonds is 10. The highest BCUT2D eigenvalue weighted by atomic mass is 32.1. The third kappa shape index (κ3) is 7.40. The van der Waals surface area contributed by atoms with Crippen LogP contribution in [0.2, 0.25) is 0 Å². The number of aryl methyl sites for hydroxylation is 2. The Hall–Kier alpha value is -3.18. The van der Waals surface area contributed by atoms with E-state index in [2.05, 4.69) is 32.5 Å². The van der Waals surface area contributed by atoms with Gasteiger partial charge in [0.1, 0.15) is 11.6 Å². The highest BCUT2D eigenvalue weighted by Crippen LogP contribution is 2.34. The molecule has 7 nitrogen and oxygen atoms in total. The largest absolute Gasteiger partial charge is 0.472 e. The fraction of sp³-hybridized carbons (Fsp3) is 0.375. The number of hydroxylamine groups is 1. The van der Waals surface area contributed by atoms with Gasteiger partial charge >= 0.3 is 12.3 Å². The van der Waals surface area contributed by atoms with E-state index in [9.17, 15) is 18.0 Å². The molecule has 0 radical (unpaired) electrons. The molecule has 2 heterocycles. The van der Waals surface area contributed by atoms with Crippen molar-refractivity contribution < 1.29 is 27.5 Å². The molecule has 2 aromatic heterocycles. The number of pyridine rings is 1. The highest BCUT2D eigenvalue weighted by Gasteiger charge is 2.30. The van der Waals surface area contributed by atoms with Crippen molar-refractivity contribution in [2.75, 3.05) is 7.05 Å². The SMILES string of the molecule is CCCCc1nc(-c2ccc(C(F)(F)F)cc2)sc1COc1ccc(CNC(=O)ONC)c(C)n1. The maximum Gasteiger partial charge on any atom is 0.426 e. The molecule has 0 atom stereocenters. The lowest BCUT2D eigenvalue weighted by molar-refractivity contribution is -0.137. The van der Waals surface area contributed by atoms with Crippen LogP contribution in [0.4, 0.5) is 18.0 Å². The summed E-state index contributed by atoms with van der Waals surface area (Å²) in [6.45, 7) is 4.40. The molecule has 0 aliphatic carbocycles. The summed E-state index contributed by atoms with van der Waals surface area (Å²) in [5.41, 5.74) is 4.65. The molecule has 0 unspecified atom stereocenters. The summed E-state index contributed by atoms with van der Waals surface area (Å²) in [5.74, 6) is 0.426. The number of unbranched alkanes of at least 4 members (excludes halogenated alkanes) is 1. The molecule has 0 bridgehead atoms. The summed E-state index contributed by atoms with van der Waals surface area (Å²) in [4.78, 5) is 26.1. The lowest BCUT2D eigenvalue weighted by Crippen LogP contribution is -2.28. The molecule has 188 valence electrons. The average Bonchev–Trinajstić information content (AvgIpc) is 3.23. The van der Waals surface area contributed by atoms with Crippen molar-refractivity contribution in [3.63, 3.8) is 0 Å². The smallest absolute Gasteiger partial charge is 0.426 e. The van der Waals surface area contributed by atoms with Crippen LogP contribution >= 0.6 is 11.3 Å². The Balaban J connectivity index is 1.71. The molecule has 35 heavy (non-hydrogen) atoms. The predicted molar refractivity (Wildman–Crippen MR) is 127 cm³/mol. The van der Waals surface area contributed by atoms with Crippen LogP contribution in [0.25, 0.3) is 10.6 Å². The number of halogens is 3. The Labute approximate surface area is 205 Å². The average molecular weight is 509 g/mol. The van der Waals surface area contributed by atoms with Crippen LogP contribution in [0.1, 0.15) is 47.2 Å². The summed E-state index contributed by atoms with van der Waals surface area (Å²) in [7, 11) is 1.49. The zero-order chi connectivity index (χ0) is 25.4. The van der Waals surface area contributed by atoms with Gasteiger partial charge in [0.2, 0.25) is 5.88 Å². The molecule has 2 N–H and O–H groups in total. The Morgan fingerprint density at radius 3 is 2.49 bits per heavy atom. The van der Waals surface area contributed by atoms with E-state index in [0.717, 1.165) is 47.5 Å². The van der Waals surface area contributed by atoms with Gasteiger partial charge in [-0.1, -0.05) is 31.5 Å². The molecule has 1 amide bonds. The minimum absolute atomic E-state index is 0.246. The van der Waals surface area contributed by atoms with Crippen molar-refractivity contribution in [3.05, 3.63) is 63.8 Å².